The van der Waals surface area contributed by atoms with Crippen molar-refractivity contribution >= 4 is 11.9 Å². The lowest BCUT2D eigenvalue weighted by molar-refractivity contribution is -0.137. The topological polar surface area (TPSA) is 55.4 Å². The van der Waals surface area contributed by atoms with Gasteiger partial charge in [0.2, 0.25) is 0 Å². The Kier molecular flexibility index (Phi) is 6.39. The smallest absolute Gasteiger partial charge is 0.416 e. The molecule has 1 aromatic rings. The number of benzene rings is 1. The Morgan fingerprint density at radius 1 is 1.18 bits per heavy atom. The minimum atomic E-state index is -4.46. The van der Waals surface area contributed by atoms with Crippen molar-refractivity contribution in [2.24, 2.45) is 5.92 Å². The summed E-state index contributed by atoms with van der Waals surface area (Å²) in [6, 6.07) is 3.61. The maximum atomic E-state index is 12.4. The van der Waals surface area contributed by atoms with Crippen molar-refractivity contribution in [3.8, 4) is 0 Å². The number of carbonyl (C=O) groups excluding carboxylic acids is 2. The molecule has 0 heterocycles. The minimum Gasteiger partial charge on any atom is -0.452 e. The van der Waals surface area contributed by atoms with E-state index in [4.69, 9.17) is 4.74 Å². The van der Waals surface area contributed by atoms with Crippen LogP contribution in [-0.4, -0.2) is 25.0 Å². The molecule has 1 amide bonds. The van der Waals surface area contributed by atoms with Crippen molar-refractivity contribution in [2.45, 2.75) is 26.4 Å². The molecule has 0 aliphatic heterocycles. The predicted molar refractivity (Wildman–Crippen MR) is 74.2 cm³/mol. The van der Waals surface area contributed by atoms with Gasteiger partial charge >= 0.3 is 12.1 Å². The summed E-state index contributed by atoms with van der Waals surface area (Å²) in [6.45, 7) is 4.04. The fourth-order valence-corrected chi connectivity index (χ4v) is 1.56. The van der Waals surface area contributed by atoms with Crippen molar-refractivity contribution in [1.82, 2.24) is 5.32 Å². The molecule has 1 aromatic carbocycles. The van der Waals surface area contributed by atoms with Crippen LogP contribution < -0.4 is 5.32 Å². The maximum Gasteiger partial charge on any atom is 0.416 e. The second kappa shape index (κ2) is 7.82. The minimum absolute atomic E-state index is 0.0389. The average molecular weight is 317 g/mol. The van der Waals surface area contributed by atoms with Gasteiger partial charge in [-0.1, -0.05) is 13.8 Å². The largest absolute Gasteiger partial charge is 0.452 e. The van der Waals surface area contributed by atoms with Crippen LogP contribution in [0, 0.1) is 5.92 Å². The Morgan fingerprint density at radius 2 is 1.77 bits per heavy atom. The first-order valence-electron chi connectivity index (χ1n) is 6.81. The molecule has 4 nitrogen and oxygen atoms in total. The summed E-state index contributed by atoms with van der Waals surface area (Å²) in [7, 11) is 0. The van der Waals surface area contributed by atoms with Crippen LogP contribution in [0.5, 0.6) is 0 Å². The Morgan fingerprint density at radius 3 is 2.27 bits per heavy atom. The number of hydrogen-bond acceptors (Lipinski definition) is 3. The molecule has 1 N–H and O–H groups in total. The number of esters is 1. The standard InChI is InChI=1S/C15H18F3NO3/c1-10(2)7-8-19-13(20)9-22-14(21)11-3-5-12(6-4-11)15(16,17)18/h3-6,10H,7-9H2,1-2H3,(H,19,20). The van der Waals surface area contributed by atoms with E-state index in [-0.39, 0.29) is 5.56 Å². The summed E-state index contributed by atoms with van der Waals surface area (Å²) in [4.78, 5) is 23.0. The second-order valence-electron chi connectivity index (χ2n) is 5.18. The van der Waals surface area contributed by atoms with E-state index in [9.17, 15) is 22.8 Å². The fourth-order valence-electron chi connectivity index (χ4n) is 1.56. The molecular weight excluding hydrogens is 299 g/mol. The number of hydrogen-bond donors (Lipinski definition) is 1. The molecule has 0 bridgehead atoms. The van der Waals surface area contributed by atoms with Crippen molar-refractivity contribution in [2.75, 3.05) is 13.2 Å². The summed E-state index contributed by atoms with van der Waals surface area (Å²) < 4.78 is 41.9. The van der Waals surface area contributed by atoms with Crippen molar-refractivity contribution < 1.29 is 27.5 Å². The number of carbonyl (C=O) groups is 2. The van der Waals surface area contributed by atoms with Gasteiger partial charge in [-0.2, -0.15) is 13.2 Å². The van der Waals surface area contributed by atoms with Crippen LogP contribution in [0.2, 0.25) is 0 Å². The molecule has 1 rings (SSSR count). The first-order chi connectivity index (χ1) is 10.2. The van der Waals surface area contributed by atoms with E-state index in [1.807, 2.05) is 13.8 Å². The van der Waals surface area contributed by atoms with E-state index in [0.29, 0.717) is 12.5 Å². The first kappa shape index (κ1) is 18.0. The predicted octanol–water partition coefficient (Wildman–Crippen LogP) is 3.02. The van der Waals surface area contributed by atoms with Crippen LogP contribution in [0.25, 0.3) is 0 Å². The van der Waals surface area contributed by atoms with Crippen LogP contribution in [0.3, 0.4) is 0 Å². The normalized spacial score (nSPS) is 11.4. The molecule has 0 aromatic heterocycles. The van der Waals surface area contributed by atoms with Gasteiger partial charge in [0.25, 0.3) is 5.91 Å². The highest BCUT2D eigenvalue weighted by atomic mass is 19.4. The van der Waals surface area contributed by atoms with Gasteiger partial charge in [-0.3, -0.25) is 4.79 Å². The molecule has 0 aliphatic rings. The van der Waals surface area contributed by atoms with Crippen LogP contribution in [-0.2, 0) is 15.7 Å². The summed E-state index contributed by atoms with van der Waals surface area (Å²) in [5, 5.41) is 2.58. The van der Waals surface area contributed by atoms with E-state index in [1.54, 1.807) is 0 Å². The lowest BCUT2D eigenvalue weighted by Gasteiger charge is -2.09. The molecule has 0 spiro atoms. The zero-order valence-corrected chi connectivity index (χ0v) is 12.4. The number of alkyl halides is 3. The number of rotatable bonds is 6. The molecule has 122 valence electrons. The number of halogens is 3. The van der Waals surface area contributed by atoms with Gasteiger partial charge in [-0.15, -0.1) is 0 Å². The SMILES string of the molecule is CC(C)CCNC(=O)COC(=O)c1ccc(C(F)(F)F)cc1. The Labute approximate surface area is 126 Å². The zero-order chi connectivity index (χ0) is 16.8. The molecule has 0 fully saturated rings. The van der Waals surface area contributed by atoms with Crippen molar-refractivity contribution in [3.63, 3.8) is 0 Å². The highest BCUT2D eigenvalue weighted by Crippen LogP contribution is 2.29. The average Bonchev–Trinajstić information content (AvgIpc) is 2.43. The van der Waals surface area contributed by atoms with Crippen LogP contribution in [0.4, 0.5) is 13.2 Å². The quantitative estimate of drug-likeness (QED) is 0.821. The lowest BCUT2D eigenvalue weighted by atomic mass is 10.1. The third-order valence-corrected chi connectivity index (χ3v) is 2.83. The van der Waals surface area contributed by atoms with Crippen LogP contribution in [0.15, 0.2) is 24.3 Å². The molecule has 0 saturated heterocycles. The molecule has 0 aliphatic carbocycles. The first-order valence-corrected chi connectivity index (χ1v) is 6.81. The van der Waals surface area contributed by atoms with Gasteiger partial charge in [0.15, 0.2) is 6.61 Å². The summed E-state index contributed by atoms with van der Waals surface area (Å²) >= 11 is 0. The third-order valence-electron chi connectivity index (χ3n) is 2.83. The lowest BCUT2D eigenvalue weighted by Crippen LogP contribution is -2.30. The molecule has 0 saturated carbocycles. The molecule has 7 heteroatoms. The molecule has 0 atom stereocenters. The summed E-state index contributed by atoms with van der Waals surface area (Å²) in [5.41, 5.74) is -0.890. The van der Waals surface area contributed by atoms with Crippen LogP contribution in [0.1, 0.15) is 36.2 Å². The zero-order valence-electron chi connectivity index (χ0n) is 12.4. The number of amides is 1. The number of ether oxygens (including phenoxy) is 1. The van der Waals surface area contributed by atoms with E-state index >= 15 is 0 Å². The fraction of sp³-hybridized carbons (Fsp3) is 0.467. The summed E-state index contributed by atoms with van der Waals surface area (Å²) in [5.74, 6) is -0.844. The monoisotopic (exact) mass is 317 g/mol. The van der Waals surface area contributed by atoms with E-state index < -0.39 is 30.2 Å². The molecule has 0 radical (unpaired) electrons. The molecule has 22 heavy (non-hydrogen) atoms. The van der Waals surface area contributed by atoms with Crippen molar-refractivity contribution in [3.05, 3.63) is 35.4 Å². The summed E-state index contributed by atoms with van der Waals surface area (Å²) in [6.07, 6.45) is -3.66. The third kappa shape index (κ3) is 6.15. The maximum absolute atomic E-state index is 12.4. The second-order valence-corrected chi connectivity index (χ2v) is 5.18. The molecule has 0 unspecified atom stereocenters. The van der Waals surface area contributed by atoms with Crippen LogP contribution >= 0.6 is 0 Å². The Hall–Kier alpha value is -2.05. The van der Waals surface area contributed by atoms with Gasteiger partial charge in [-0.25, -0.2) is 4.79 Å². The van der Waals surface area contributed by atoms with Gasteiger partial charge in [0.05, 0.1) is 11.1 Å². The number of nitrogens with one attached hydrogen (secondary N) is 1. The van der Waals surface area contributed by atoms with E-state index in [0.717, 1.165) is 30.7 Å². The van der Waals surface area contributed by atoms with Gasteiger partial charge in [0.1, 0.15) is 0 Å². The van der Waals surface area contributed by atoms with E-state index in [1.165, 1.54) is 0 Å². The molecular formula is C15H18F3NO3. The Bertz CT molecular complexity index is 510. The van der Waals surface area contributed by atoms with Gasteiger partial charge in [-0.05, 0) is 36.6 Å². The van der Waals surface area contributed by atoms with E-state index in [2.05, 4.69) is 5.32 Å². The van der Waals surface area contributed by atoms with Gasteiger partial charge in [0, 0.05) is 6.54 Å². The van der Waals surface area contributed by atoms with Crippen molar-refractivity contribution in [1.29, 1.82) is 0 Å². The Balaban J connectivity index is 2.44. The highest BCUT2D eigenvalue weighted by molar-refractivity contribution is 5.91. The van der Waals surface area contributed by atoms with Gasteiger partial charge < -0.3 is 10.1 Å². The highest BCUT2D eigenvalue weighted by Gasteiger charge is 2.30.